The molecule has 1 saturated carbocycles. The highest BCUT2D eigenvalue weighted by Gasteiger charge is 2.44. The van der Waals surface area contributed by atoms with Crippen LogP contribution in [0.4, 0.5) is 5.69 Å². The van der Waals surface area contributed by atoms with Gasteiger partial charge in [0.25, 0.3) is 5.91 Å². The van der Waals surface area contributed by atoms with Gasteiger partial charge in [-0.25, -0.2) is 0 Å². The minimum Gasteiger partial charge on any atom is -0.490 e. The second-order valence-corrected chi connectivity index (χ2v) is 13.7. The van der Waals surface area contributed by atoms with E-state index in [1.165, 1.54) is 35.9 Å². The Bertz CT molecular complexity index is 1230. The van der Waals surface area contributed by atoms with E-state index in [9.17, 15) is 4.79 Å². The summed E-state index contributed by atoms with van der Waals surface area (Å²) >= 11 is 7.87. The molecule has 0 aromatic heterocycles. The molecular weight excluding hydrogens is 540 g/mol. The van der Waals surface area contributed by atoms with E-state index in [1.807, 2.05) is 31.4 Å². The summed E-state index contributed by atoms with van der Waals surface area (Å²) in [5.74, 6) is 1.79. The number of aryl methyl sites for hydroxylation is 1. The molecule has 0 radical (unpaired) electrons. The fourth-order valence-corrected chi connectivity index (χ4v) is 7.34. The Labute approximate surface area is 249 Å². The van der Waals surface area contributed by atoms with Crippen LogP contribution >= 0.6 is 23.5 Å². The van der Waals surface area contributed by atoms with Gasteiger partial charge in [-0.3, -0.25) is 9.52 Å². The van der Waals surface area contributed by atoms with Crippen molar-refractivity contribution in [3.63, 3.8) is 0 Å². The largest absolute Gasteiger partial charge is 0.490 e. The van der Waals surface area contributed by atoms with Crippen molar-refractivity contribution in [1.82, 2.24) is 4.72 Å². The molecule has 2 aromatic carbocycles. The second-order valence-electron chi connectivity index (χ2n) is 11.9. The van der Waals surface area contributed by atoms with Crippen LogP contribution in [0, 0.1) is 11.8 Å². The maximum atomic E-state index is 13.1. The van der Waals surface area contributed by atoms with Gasteiger partial charge in [-0.15, -0.1) is 0 Å². The smallest absolute Gasteiger partial charge is 0.261 e. The van der Waals surface area contributed by atoms with Crippen molar-refractivity contribution < 1.29 is 14.3 Å². The average Bonchev–Trinajstić information content (AvgIpc) is 3.08. The Balaban J connectivity index is 1.49. The summed E-state index contributed by atoms with van der Waals surface area (Å²) in [6.45, 7) is 8.70. The van der Waals surface area contributed by atoms with Gasteiger partial charge in [0, 0.05) is 41.5 Å². The van der Waals surface area contributed by atoms with Crippen molar-refractivity contribution in [3.8, 4) is 5.75 Å². The lowest BCUT2D eigenvalue weighted by Crippen LogP contribution is -2.49. The number of carbonyl (C=O) groups is 1. The van der Waals surface area contributed by atoms with E-state index in [4.69, 9.17) is 21.1 Å². The third-order valence-electron chi connectivity index (χ3n) is 8.87. The lowest BCUT2D eigenvalue weighted by atomic mass is 9.68. The number of methoxy groups -OCH3 is 1. The first-order chi connectivity index (χ1) is 19.3. The Morgan fingerprint density at radius 2 is 2.12 bits per heavy atom. The minimum atomic E-state index is -0.130. The first kappa shape index (κ1) is 29.3. The molecule has 4 unspecified atom stereocenters. The van der Waals surface area contributed by atoms with Gasteiger partial charge in [0.1, 0.15) is 5.75 Å². The van der Waals surface area contributed by atoms with E-state index in [0.717, 1.165) is 55.2 Å². The molecule has 0 saturated heterocycles. The van der Waals surface area contributed by atoms with Crippen LogP contribution < -0.4 is 14.4 Å². The molecule has 4 atom stereocenters. The number of anilines is 1. The fourth-order valence-electron chi connectivity index (χ4n) is 6.69. The molecule has 5 nitrogen and oxygen atoms in total. The molecule has 2 aromatic rings. The van der Waals surface area contributed by atoms with Crippen molar-refractivity contribution in [1.29, 1.82) is 0 Å². The van der Waals surface area contributed by atoms with Gasteiger partial charge in [-0.1, -0.05) is 50.6 Å². The Hall–Kier alpha value is -2.15. The van der Waals surface area contributed by atoms with Gasteiger partial charge in [0.15, 0.2) is 0 Å². The van der Waals surface area contributed by atoms with Gasteiger partial charge >= 0.3 is 0 Å². The van der Waals surface area contributed by atoms with Crippen LogP contribution in [0.1, 0.15) is 74.4 Å². The topological polar surface area (TPSA) is 50.8 Å². The van der Waals surface area contributed by atoms with Gasteiger partial charge in [0.05, 0.1) is 18.4 Å². The summed E-state index contributed by atoms with van der Waals surface area (Å²) in [4.78, 5) is 15.6. The number of amides is 1. The molecule has 216 valence electrons. The van der Waals surface area contributed by atoms with Crippen molar-refractivity contribution in [2.45, 2.75) is 76.1 Å². The lowest BCUT2D eigenvalue weighted by molar-refractivity contribution is 0.0132. The highest BCUT2D eigenvalue weighted by molar-refractivity contribution is 7.98. The van der Waals surface area contributed by atoms with Crippen LogP contribution in [0.15, 0.2) is 48.6 Å². The molecular formula is C33H43ClN2O3S. The lowest BCUT2D eigenvalue weighted by Gasteiger charge is -2.46. The molecule has 3 aliphatic rings. The SMILES string of the molecule is CC/C=C/C(OC)C1CCC1CN1CC2(CCCc3cc(Cl)ccc32)COc2ccc(C(=O)NSC(C)C)cc21. The number of rotatable bonds is 9. The molecule has 1 amide bonds. The van der Waals surface area contributed by atoms with Gasteiger partial charge in [-0.05, 0) is 104 Å². The van der Waals surface area contributed by atoms with E-state index in [1.54, 1.807) is 0 Å². The summed E-state index contributed by atoms with van der Waals surface area (Å²) < 4.78 is 15.6. The summed E-state index contributed by atoms with van der Waals surface area (Å²) in [7, 11) is 1.83. The molecule has 0 bridgehead atoms. The number of allylic oxidation sites excluding steroid dienone is 1. The minimum absolute atomic E-state index is 0.0660. The van der Waals surface area contributed by atoms with Gasteiger partial charge in [-0.2, -0.15) is 0 Å². The molecule has 7 heteroatoms. The maximum absolute atomic E-state index is 13.1. The van der Waals surface area contributed by atoms with Crippen LogP contribution in [0.3, 0.4) is 0 Å². The maximum Gasteiger partial charge on any atom is 0.261 e. The van der Waals surface area contributed by atoms with E-state index in [0.29, 0.717) is 29.3 Å². The zero-order valence-corrected chi connectivity index (χ0v) is 25.8. The van der Waals surface area contributed by atoms with Gasteiger partial charge in [0.2, 0.25) is 0 Å². The van der Waals surface area contributed by atoms with Crippen LogP contribution in [0.5, 0.6) is 5.75 Å². The highest BCUT2D eigenvalue weighted by Crippen LogP contribution is 2.47. The van der Waals surface area contributed by atoms with Crippen molar-refractivity contribution >= 4 is 35.1 Å². The standard InChI is InChI=1S/C33H43ClN2O3S/c1-5-6-9-30(38-4)27-13-10-25(27)19-36-20-33(16-7-8-23-17-26(34)12-14-28(23)33)21-39-31-15-11-24(18-29(31)36)32(37)35-40-22(2)3/h6,9,11-12,14-15,17-18,22,25,27,30H,5,7-8,10,13,16,19-21H2,1-4H3,(H,35,37)/b9-6+. The molecule has 1 N–H and O–H groups in total. The molecule has 1 fully saturated rings. The highest BCUT2D eigenvalue weighted by atomic mass is 35.5. The second kappa shape index (κ2) is 12.8. The Morgan fingerprint density at radius 1 is 1.27 bits per heavy atom. The average molecular weight is 583 g/mol. The number of fused-ring (bicyclic) bond motifs is 3. The van der Waals surface area contributed by atoms with Crippen LogP contribution in [-0.2, 0) is 16.6 Å². The summed E-state index contributed by atoms with van der Waals surface area (Å²) in [5.41, 5.74) is 4.25. The zero-order valence-electron chi connectivity index (χ0n) is 24.3. The summed E-state index contributed by atoms with van der Waals surface area (Å²) in [5, 5.41) is 1.11. The zero-order chi connectivity index (χ0) is 28.3. The third kappa shape index (κ3) is 6.19. The number of hydrogen-bond acceptors (Lipinski definition) is 5. The number of benzene rings is 2. The molecule has 1 heterocycles. The van der Waals surface area contributed by atoms with Crippen molar-refractivity contribution in [3.05, 3.63) is 70.3 Å². The molecule has 5 rings (SSSR count). The van der Waals surface area contributed by atoms with E-state index >= 15 is 0 Å². The predicted molar refractivity (Wildman–Crippen MR) is 167 cm³/mol. The quantitative estimate of drug-likeness (QED) is 0.244. The number of nitrogens with one attached hydrogen (secondary N) is 1. The molecule has 40 heavy (non-hydrogen) atoms. The van der Waals surface area contributed by atoms with Crippen LogP contribution in [-0.4, -0.2) is 44.1 Å². The van der Waals surface area contributed by atoms with Crippen LogP contribution in [0.2, 0.25) is 5.02 Å². The number of nitrogens with zero attached hydrogens (tertiary/aromatic N) is 1. The fraction of sp³-hybridized carbons (Fsp3) is 0.545. The predicted octanol–water partition coefficient (Wildman–Crippen LogP) is 7.61. The van der Waals surface area contributed by atoms with Crippen molar-refractivity contribution in [2.24, 2.45) is 11.8 Å². The first-order valence-corrected chi connectivity index (χ1v) is 16.1. The van der Waals surface area contributed by atoms with Crippen LogP contribution in [0.25, 0.3) is 0 Å². The van der Waals surface area contributed by atoms with E-state index in [2.05, 4.69) is 54.7 Å². The molecule has 2 aliphatic carbocycles. The molecule has 1 spiro atoms. The number of carbonyl (C=O) groups excluding carboxylic acids is 1. The first-order valence-electron chi connectivity index (χ1n) is 14.8. The third-order valence-corrected chi connectivity index (χ3v) is 9.88. The van der Waals surface area contributed by atoms with Gasteiger partial charge < -0.3 is 14.4 Å². The number of halogens is 1. The number of hydrogen-bond donors (Lipinski definition) is 1. The Morgan fingerprint density at radius 3 is 2.85 bits per heavy atom. The van der Waals surface area contributed by atoms with E-state index in [-0.39, 0.29) is 17.4 Å². The van der Waals surface area contributed by atoms with E-state index < -0.39 is 0 Å². The monoisotopic (exact) mass is 582 g/mol. The number of ether oxygens (including phenoxy) is 2. The molecule has 1 aliphatic heterocycles. The summed E-state index contributed by atoms with van der Waals surface area (Å²) in [6.07, 6.45) is 11.2. The summed E-state index contributed by atoms with van der Waals surface area (Å²) in [6, 6.07) is 12.3. The van der Waals surface area contributed by atoms with Crippen molar-refractivity contribution in [2.75, 3.05) is 31.7 Å². The normalized spacial score (nSPS) is 24.7. The Kier molecular flexibility index (Phi) is 9.38.